The molecule has 14 heavy (non-hydrogen) atoms. The van der Waals surface area contributed by atoms with E-state index in [-0.39, 0.29) is 6.03 Å². The molecule has 0 aromatic carbocycles. The van der Waals surface area contributed by atoms with Gasteiger partial charge in [-0.1, -0.05) is 6.92 Å². The van der Waals surface area contributed by atoms with Crippen LogP contribution in [0.4, 0.5) is 4.79 Å². The molecule has 2 rings (SSSR count). The van der Waals surface area contributed by atoms with E-state index in [9.17, 15) is 4.79 Å². The predicted molar refractivity (Wildman–Crippen MR) is 56.2 cm³/mol. The van der Waals surface area contributed by atoms with Crippen LogP contribution >= 0.6 is 0 Å². The summed E-state index contributed by atoms with van der Waals surface area (Å²) in [5, 5.41) is 0. The molecule has 2 atom stereocenters. The maximum atomic E-state index is 12.1. The molecule has 2 fully saturated rings. The number of nitrogens with zero attached hydrogens (tertiary/aromatic N) is 2. The number of rotatable bonds is 0. The van der Waals surface area contributed by atoms with Gasteiger partial charge < -0.3 is 9.80 Å². The van der Waals surface area contributed by atoms with Crippen molar-refractivity contribution in [1.82, 2.24) is 9.80 Å². The Balaban J connectivity index is 1.97. The number of likely N-dealkylation sites (tertiary alicyclic amines) is 2. The molecule has 0 aliphatic carbocycles. The van der Waals surface area contributed by atoms with Crippen LogP contribution in [0, 0.1) is 5.92 Å². The van der Waals surface area contributed by atoms with Gasteiger partial charge in [-0.2, -0.15) is 0 Å². The molecule has 2 heterocycles. The zero-order valence-corrected chi connectivity index (χ0v) is 9.20. The zero-order chi connectivity index (χ0) is 10.1. The maximum Gasteiger partial charge on any atom is 0.320 e. The number of carbonyl (C=O) groups excluding carboxylic acids is 1. The fraction of sp³-hybridized carbons (Fsp3) is 0.909. The molecule has 2 unspecified atom stereocenters. The van der Waals surface area contributed by atoms with Crippen molar-refractivity contribution in [2.24, 2.45) is 5.92 Å². The number of carbonyl (C=O) groups is 1. The molecule has 0 aromatic heterocycles. The molecule has 0 radical (unpaired) electrons. The van der Waals surface area contributed by atoms with E-state index in [1.807, 2.05) is 4.90 Å². The zero-order valence-electron chi connectivity index (χ0n) is 9.20. The van der Waals surface area contributed by atoms with Gasteiger partial charge in [0.05, 0.1) is 0 Å². The lowest BCUT2D eigenvalue weighted by atomic mass is 10.1. The smallest absolute Gasteiger partial charge is 0.320 e. The van der Waals surface area contributed by atoms with Gasteiger partial charge in [-0.15, -0.1) is 0 Å². The van der Waals surface area contributed by atoms with E-state index >= 15 is 0 Å². The van der Waals surface area contributed by atoms with E-state index in [0.717, 1.165) is 19.6 Å². The molecule has 0 saturated carbocycles. The van der Waals surface area contributed by atoms with Crippen molar-refractivity contribution in [1.29, 1.82) is 0 Å². The highest BCUT2D eigenvalue weighted by Crippen LogP contribution is 2.25. The average Bonchev–Trinajstić information content (AvgIpc) is 2.77. The van der Waals surface area contributed by atoms with Crippen molar-refractivity contribution in [3.05, 3.63) is 0 Å². The Morgan fingerprint density at radius 3 is 2.29 bits per heavy atom. The standard InChI is InChI=1S/C11H20N2O/c1-9-5-8-13(10(9)2)11(14)12-6-3-4-7-12/h9-10H,3-8H2,1-2H3. The maximum absolute atomic E-state index is 12.1. The van der Waals surface area contributed by atoms with Crippen LogP contribution in [-0.4, -0.2) is 41.5 Å². The van der Waals surface area contributed by atoms with E-state index in [4.69, 9.17) is 0 Å². The lowest BCUT2D eigenvalue weighted by molar-refractivity contribution is 0.156. The lowest BCUT2D eigenvalue weighted by Crippen LogP contribution is -2.44. The Kier molecular flexibility index (Phi) is 2.66. The molecule has 2 amide bonds. The number of amides is 2. The van der Waals surface area contributed by atoms with Gasteiger partial charge >= 0.3 is 6.03 Å². The van der Waals surface area contributed by atoms with Gasteiger partial charge in [0, 0.05) is 25.7 Å². The van der Waals surface area contributed by atoms with Gasteiger partial charge in [-0.25, -0.2) is 4.79 Å². The van der Waals surface area contributed by atoms with E-state index < -0.39 is 0 Å². The second-order valence-corrected chi connectivity index (χ2v) is 4.68. The summed E-state index contributed by atoms with van der Waals surface area (Å²) in [5.41, 5.74) is 0. The molecule has 3 heteroatoms. The third-order valence-electron chi connectivity index (χ3n) is 3.76. The van der Waals surface area contributed by atoms with Crippen molar-refractivity contribution in [2.75, 3.05) is 19.6 Å². The van der Waals surface area contributed by atoms with E-state index in [2.05, 4.69) is 18.7 Å². The van der Waals surface area contributed by atoms with Crippen molar-refractivity contribution in [3.63, 3.8) is 0 Å². The van der Waals surface area contributed by atoms with Crippen LogP contribution in [0.2, 0.25) is 0 Å². The summed E-state index contributed by atoms with van der Waals surface area (Å²) in [6.45, 7) is 7.30. The number of urea groups is 1. The molecule has 0 spiro atoms. The lowest BCUT2D eigenvalue weighted by Gasteiger charge is -2.28. The van der Waals surface area contributed by atoms with Crippen molar-refractivity contribution in [2.45, 2.75) is 39.2 Å². The molecule has 3 nitrogen and oxygen atoms in total. The molecule has 0 aromatic rings. The minimum Gasteiger partial charge on any atom is -0.325 e. The fourth-order valence-electron chi connectivity index (χ4n) is 2.45. The average molecular weight is 196 g/mol. The quantitative estimate of drug-likeness (QED) is 0.580. The van der Waals surface area contributed by atoms with E-state index in [1.165, 1.54) is 19.3 Å². The van der Waals surface area contributed by atoms with Gasteiger partial charge in [0.15, 0.2) is 0 Å². The van der Waals surface area contributed by atoms with Crippen LogP contribution in [-0.2, 0) is 0 Å². The van der Waals surface area contributed by atoms with E-state index in [1.54, 1.807) is 0 Å². The summed E-state index contributed by atoms with van der Waals surface area (Å²) in [6, 6.07) is 0.711. The van der Waals surface area contributed by atoms with Crippen LogP contribution < -0.4 is 0 Å². The molecular weight excluding hydrogens is 176 g/mol. The largest absolute Gasteiger partial charge is 0.325 e. The first-order valence-electron chi connectivity index (χ1n) is 5.75. The fourth-order valence-corrected chi connectivity index (χ4v) is 2.45. The van der Waals surface area contributed by atoms with E-state index in [0.29, 0.717) is 12.0 Å². The normalized spacial score (nSPS) is 32.7. The Morgan fingerprint density at radius 2 is 1.79 bits per heavy atom. The van der Waals surface area contributed by atoms with Crippen molar-refractivity contribution < 1.29 is 4.79 Å². The van der Waals surface area contributed by atoms with Crippen LogP contribution in [0.5, 0.6) is 0 Å². The predicted octanol–water partition coefficient (Wildman–Crippen LogP) is 1.93. The second kappa shape index (κ2) is 3.79. The van der Waals surface area contributed by atoms with Gasteiger partial charge in [0.2, 0.25) is 0 Å². The van der Waals surface area contributed by atoms with Crippen molar-refractivity contribution >= 4 is 6.03 Å². The molecule has 80 valence electrons. The van der Waals surface area contributed by atoms with Crippen LogP contribution in [0.3, 0.4) is 0 Å². The number of hydrogen-bond acceptors (Lipinski definition) is 1. The Morgan fingerprint density at radius 1 is 1.14 bits per heavy atom. The molecule has 2 saturated heterocycles. The Labute approximate surface area is 86.1 Å². The summed E-state index contributed by atoms with van der Waals surface area (Å²) in [5.74, 6) is 0.668. The van der Waals surface area contributed by atoms with Crippen LogP contribution in [0.15, 0.2) is 0 Å². The SMILES string of the molecule is CC1CCN(C(=O)N2CCCC2)C1C. The highest BCUT2D eigenvalue weighted by Gasteiger charge is 2.33. The summed E-state index contributed by atoms with van der Waals surface area (Å²) in [6.07, 6.45) is 3.54. The number of hydrogen-bond donors (Lipinski definition) is 0. The summed E-state index contributed by atoms with van der Waals surface area (Å²) in [7, 11) is 0. The highest BCUT2D eigenvalue weighted by molar-refractivity contribution is 5.75. The van der Waals surface area contributed by atoms with Gasteiger partial charge in [-0.05, 0) is 32.1 Å². The second-order valence-electron chi connectivity index (χ2n) is 4.68. The minimum atomic E-state index is 0.277. The Bertz CT molecular complexity index is 223. The summed E-state index contributed by atoms with van der Waals surface area (Å²) in [4.78, 5) is 16.1. The minimum absolute atomic E-state index is 0.277. The topological polar surface area (TPSA) is 23.6 Å². The molecule has 0 bridgehead atoms. The molecule has 2 aliphatic rings. The highest BCUT2D eigenvalue weighted by atomic mass is 16.2. The first-order chi connectivity index (χ1) is 6.70. The van der Waals surface area contributed by atoms with Crippen molar-refractivity contribution in [3.8, 4) is 0 Å². The first-order valence-corrected chi connectivity index (χ1v) is 5.75. The van der Waals surface area contributed by atoms with Gasteiger partial charge in [0.1, 0.15) is 0 Å². The summed E-state index contributed by atoms with van der Waals surface area (Å²) < 4.78 is 0. The van der Waals surface area contributed by atoms with Gasteiger partial charge in [0.25, 0.3) is 0 Å². The van der Waals surface area contributed by atoms with Crippen LogP contribution in [0.1, 0.15) is 33.1 Å². The van der Waals surface area contributed by atoms with Gasteiger partial charge in [-0.3, -0.25) is 0 Å². The molecular formula is C11H20N2O. The third kappa shape index (κ3) is 1.60. The third-order valence-corrected chi connectivity index (χ3v) is 3.76. The first kappa shape index (κ1) is 9.81. The monoisotopic (exact) mass is 196 g/mol. The molecule has 0 N–H and O–H groups in total. The Hall–Kier alpha value is -0.730. The summed E-state index contributed by atoms with van der Waals surface area (Å²) >= 11 is 0. The van der Waals surface area contributed by atoms with Crippen LogP contribution in [0.25, 0.3) is 0 Å². The molecule has 2 aliphatic heterocycles.